The Bertz CT molecular complexity index is 231. The second kappa shape index (κ2) is 4.86. The van der Waals surface area contributed by atoms with Crippen molar-refractivity contribution in [3.05, 3.63) is 30.3 Å². The van der Waals surface area contributed by atoms with Crippen molar-refractivity contribution in [2.45, 2.75) is 37.1 Å². The zero-order chi connectivity index (χ0) is 9.84. The van der Waals surface area contributed by atoms with Gasteiger partial charge < -0.3 is 0 Å². The molecule has 0 heterocycles. The van der Waals surface area contributed by atoms with Crippen molar-refractivity contribution in [1.29, 1.82) is 0 Å². The van der Waals surface area contributed by atoms with Gasteiger partial charge in [0.25, 0.3) is 0 Å². The molecule has 0 aliphatic carbocycles. The van der Waals surface area contributed by atoms with E-state index in [9.17, 15) is 0 Å². The van der Waals surface area contributed by atoms with Crippen LogP contribution in [0, 0.1) is 0 Å². The summed E-state index contributed by atoms with van der Waals surface area (Å²) in [7, 11) is 0. The third-order valence-corrected chi connectivity index (χ3v) is 8.71. The van der Waals surface area contributed by atoms with Crippen LogP contribution in [0.2, 0.25) is 9.41 Å². The maximum atomic E-state index is 2.37. The number of hydrogen-bond acceptors (Lipinski definition) is 0. The van der Waals surface area contributed by atoms with Crippen LogP contribution in [0.25, 0.3) is 0 Å². The van der Waals surface area contributed by atoms with Gasteiger partial charge in [0.15, 0.2) is 0 Å². The van der Waals surface area contributed by atoms with Gasteiger partial charge in [-0.1, -0.05) is 0 Å². The van der Waals surface area contributed by atoms with Crippen molar-refractivity contribution < 1.29 is 0 Å². The van der Waals surface area contributed by atoms with E-state index in [1.54, 1.807) is 4.35 Å². The first-order valence-corrected chi connectivity index (χ1v) is 8.07. The Morgan fingerprint density at radius 2 is 1.31 bits per heavy atom. The van der Waals surface area contributed by atoms with Gasteiger partial charge in [-0.05, 0) is 0 Å². The fraction of sp³-hybridized carbons (Fsp3) is 0.500. The van der Waals surface area contributed by atoms with Crippen LogP contribution in [0.4, 0.5) is 0 Å². The average molecular weight is 238 g/mol. The molecule has 0 aliphatic heterocycles. The normalized spacial score (nSPS) is 11.6. The minimum absolute atomic E-state index is 0.810. The maximum absolute atomic E-state index is 2.37. The van der Waals surface area contributed by atoms with Gasteiger partial charge in [0.2, 0.25) is 0 Å². The quantitative estimate of drug-likeness (QED) is 0.709. The van der Waals surface area contributed by atoms with E-state index in [0.717, 1.165) is 9.41 Å². The summed E-state index contributed by atoms with van der Waals surface area (Å²) in [6.07, 6.45) is 0. The summed E-state index contributed by atoms with van der Waals surface area (Å²) in [5.41, 5.74) is 0. The number of hydrogen-bond donors (Lipinski definition) is 0. The standard InChI is InChI=1S/C12H19As/c1-10(2)13(11(3)4)12-8-6-5-7-9-12/h5-11H,1-4H3. The Labute approximate surface area is 86.6 Å². The predicted octanol–water partition coefficient (Wildman–Crippen LogP) is 3.21. The van der Waals surface area contributed by atoms with Crippen molar-refractivity contribution in [3.63, 3.8) is 0 Å². The Morgan fingerprint density at radius 3 is 1.69 bits per heavy atom. The third kappa shape index (κ3) is 2.88. The molecule has 1 aromatic carbocycles. The van der Waals surface area contributed by atoms with Crippen LogP contribution in [0.15, 0.2) is 30.3 Å². The van der Waals surface area contributed by atoms with E-state index in [4.69, 9.17) is 0 Å². The van der Waals surface area contributed by atoms with Crippen molar-refractivity contribution >= 4 is 19.0 Å². The van der Waals surface area contributed by atoms with Crippen LogP contribution in [0.3, 0.4) is 0 Å². The molecule has 72 valence electrons. The van der Waals surface area contributed by atoms with E-state index in [1.807, 2.05) is 0 Å². The van der Waals surface area contributed by atoms with Crippen LogP contribution < -0.4 is 4.35 Å². The van der Waals surface area contributed by atoms with Gasteiger partial charge >= 0.3 is 86.4 Å². The third-order valence-electron chi connectivity index (χ3n) is 2.17. The topological polar surface area (TPSA) is 0 Å². The van der Waals surface area contributed by atoms with E-state index >= 15 is 0 Å². The van der Waals surface area contributed by atoms with E-state index in [2.05, 4.69) is 58.0 Å². The SMILES string of the molecule is CC(C)[As](c1ccccc1)C(C)C. The molecule has 13 heavy (non-hydrogen) atoms. The zero-order valence-electron chi connectivity index (χ0n) is 8.99. The molecule has 0 saturated carbocycles. The van der Waals surface area contributed by atoms with Crippen LogP contribution in [0.1, 0.15) is 27.7 Å². The summed E-state index contributed by atoms with van der Waals surface area (Å²) in [5, 5.41) is 0. The monoisotopic (exact) mass is 238 g/mol. The van der Waals surface area contributed by atoms with Crippen molar-refractivity contribution in [1.82, 2.24) is 0 Å². The van der Waals surface area contributed by atoms with Gasteiger partial charge in [-0.15, -0.1) is 0 Å². The molecule has 0 aromatic heterocycles. The number of benzene rings is 1. The van der Waals surface area contributed by atoms with E-state index in [1.165, 1.54) is 0 Å². The predicted molar refractivity (Wildman–Crippen MR) is 62.0 cm³/mol. The van der Waals surface area contributed by atoms with Crippen molar-refractivity contribution in [2.24, 2.45) is 0 Å². The molecule has 0 saturated heterocycles. The molecule has 0 radical (unpaired) electrons. The van der Waals surface area contributed by atoms with E-state index in [-0.39, 0.29) is 0 Å². The van der Waals surface area contributed by atoms with Crippen molar-refractivity contribution in [2.75, 3.05) is 0 Å². The van der Waals surface area contributed by atoms with Gasteiger partial charge in [-0.25, -0.2) is 0 Å². The average Bonchev–Trinajstić information content (AvgIpc) is 2.04. The van der Waals surface area contributed by atoms with Gasteiger partial charge in [0.05, 0.1) is 0 Å². The van der Waals surface area contributed by atoms with Gasteiger partial charge in [0.1, 0.15) is 0 Å². The van der Waals surface area contributed by atoms with Gasteiger partial charge in [-0.3, -0.25) is 0 Å². The Hall–Kier alpha value is -0.222. The van der Waals surface area contributed by atoms with Gasteiger partial charge in [0, 0.05) is 0 Å². The molecule has 0 bridgehead atoms. The van der Waals surface area contributed by atoms with Crippen LogP contribution in [-0.2, 0) is 0 Å². The molecule has 0 unspecified atom stereocenters. The fourth-order valence-corrected chi connectivity index (χ4v) is 7.88. The van der Waals surface area contributed by atoms with Crippen LogP contribution in [-0.4, -0.2) is 14.7 Å². The van der Waals surface area contributed by atoms with E-state index in [0.29, 0.717) is 0 Å². The molecule has 1 aromatic rings. The molecule has 1 heteroatoms. The van der Waals surface area contributed by atoms with Crippen LogP contribution in [0.5, 0.6) is 0 Å². The fourth-order valence-electron chi connectivity index (χ4n) is 1.79. The number of rotatable bonds is 3. The summed E-state index contributed by atoms with van der Waals surface area (Å²) in [5.74, 6) is 0. The Morgan fingerprint density at radius 1 is 0.846 bits per heavy atom. The molecule has 0 spiro atoms. The molecule has 0 N–H and O–H groups in total. The minimum atomic E-state index is -0.810. The second-order valence-electron chi connectivity index (χ2n) is 3.93. The Balaban J connectivity index is 2.89. The van der Waals surface area contributed by atoms with Crippen LogP contribution >= 0.6 is 0 Å². The summed E-state index contributed by atoms with van der Waals surface area (Å²) in [4.78, 5) is 0. The molecule has 0 nitrogen and oxygen atoms in total. The second-order valence-corrected chi connectivity index (χ2v) is 11.1. The molecule has 1 rings (SSSR count). The summed E-state index contributed by atoms with van der Waals surface area (Å²) in [6, 6.07) is 11.1. The molecule has 0 aliphatic rings. The zero-order valence-corrected chi connectivity index (χ0v) is 10.9. The molecule has 0 atom stereocenters. The molecule has 0 fully saturated rings. The van der Waals surface area contributed by atoms with Gasteiger partial charge in [-0.2, -0.15) is 0 Å². The summed E-state index contributed by atoms with van der Waals surface area (Å²) < 4.78 is 3.37. The van der Waals surface area contributed by atoms with E-state index < -0.39 is 14.7 Å². The first kappa shape index (κ1) is 10.9. The Kier molecular flexibility index (Phi) is 4.06. The molecular weight excluding hydrogens is 219 g/mol. The van der Waals surface area contributed by atoms with Crippen molar-refractivity contribution in [3.8, 4) is 0 Å². The summed E-state index contributed by atoms with van der Waals surface area (Å²) >= 11 is -0.810. The molecule has 0 amide bonds. The first-order valence-electron chi connectivity index (χ1n) is 4.96. The summed E-state index contributed by atoms with van der Waals surface area (Å²) in [6.45, 7) is 9.47. The molecular formula is C12H19As. The first-order chi connectivity index (χ1) is 6.13.